The van der Waals surface area contributed by atoms with E-state index in [9.17, 15) is 8.42 Å². The zero-order valence-corrected chi connectivity index (χ0v) is 11.2. The minimum absolute atomic E-state index is 0.246. The number of sulfone groups is 1. The molecule has 5 heteroatoms. The van der Waals surface area contributed by atoms with Crippen LogP contribution < -0.4 is 5.73 Å². The fraction of sp³-hybridized carbons (Fsp3) is 0.455. The quantitative estimate of drug-likeness (QED) is 0.855. The number of nitrogen functional groups attached to an aromatic ring is 1. The predicted octanol–water partition coefficient (Wildman–Crippen LogP) is 2.75. The van der Waals surface area contributed by atoms with Crippen LogP contribution in [0, 0.1) is 0 Å². The lowest BCUT2D eigenvalue weighted by atomic mass is 10.3. The summed E-state index contributed by atoms with van der Waals surface area (Å²) < 4.78 is 25.4. The average Bonchev–Trinajstić information content (AvgIpc) is 2.75. The zero-order valence-electron chi connectivity index (χ0n) is 8.82. The molecule has 0 saturated heterocycles. The fourth-order valence-corrected chi connectivity index (χ4v) is 4.65. The highest BCUT2D eigenvalue weighted by Crippen LogP contribution is 2.33. The Labute approximate surface area is 104 Å². The first kappa shape index (κ1) is 11.9. The number of benzene rings is 1. The van der Waals surface area contributed by atoms with Crippen LogP contribution in [0.4, 0.5) is 5.69 Å². The number of hydrogen-bond acceptors (Lipinski definition) is 3. The third-order valence-corrected chi connectivity index (χ3v) is 5.83. The van der Waals surface area contributed by atoms with Crippen molar-refractivity contribution in [3.63, 3.8) is 0 Å². The maximum Gasteiger partial charge on any atom is 0.183 e. The third kappa shape index (κ3) is 2.11. The summed E-state index contributed by atoms with van der Waals surface area (Å²) in [7, 11) is -3.25. The molecule has 0 amide bonds. The van der Waals surface area contributed by atoms with Gasteiger partial charge in [0.05, 0.1) is 15.8 Å². The number of nitrogens with two attached hydrogens (primary N) is 1. The highest BCUT2D eigenvalue weighted by atomic mass is 79.9. The van der Waals surface area contributed by atoms with Gasteiger partial charge in [0, 0.05) is 4.47 Å². The summed E-state index contributed by atoms with van der Waals surface area (Å²) >= 11 is 3.28. The lowest BCUT2D eigenvalue weighted by Crippen LogP contribution is -2.19. The van der Waals surface area contributed by atoms with Crippen molar-refractivity contribution in [1.82, 2.24) is 0 Å². The average molecular weight is 304 g/mol. The summed E-state index contributed by atoms with van der Waals surface area (Å²) in [4.78, 5) is 0.272. The van der Waals surface area contributed by atoms with E-state index in [2.05, 4.69) is 15.9 Å². The van der Waals surface area contributed by atoms with E-state index in [0.717, 1.165) is 30.2 Å². The third-order valence-electron chi connectivity index (χ3n) is 3.02. The molecule has 0 aliphatic heterocycles. The predicted molar refractivity (Wildman–Crippen MR) is 68.0 cm³/mol. The van der Waals surface area contributed by atoms with Crippen molar-refractivity contribution in [2.24, 2.45) is 0 Å². The minimum atomic E-state index is -3.25. The molecule has 0 atom stereocenters. The van der Waals surface area contributed by atoms with Gasteiger partial charge in [0.15, 0.2) is 9.84 Å². The molecule has 16 heavy (non-hydrogen) atoms. The van der Waals surface area contributed by atoms with Gasteiger partial charge in [-0.1, -0.05) is 28.8 Å². The Kier molecular flexibility index (Phi) is 3.26. The van der Waals surface area contributed by atoms with Crippen LogP contribution in [0.25, 0.3) is 0 Å². The summed E-state index contributed by atoms with van der Waals surface area (Å²) in [5, 5.41) is -0.246. The van der Waals surface area contributed by atoms with Gasteiger partial charge >= 0.3 is 0 Å². The molecule has 0 heterocycles. The van der Waals surface area contributed by atoms with Crippen LogP contribution in [0.3, 0.4) is 0 Å². The van der Waals surface area contributed by atoms with E-state index >= 15 is 0 Å². The van der Waals surface area contributed by atoms with Crippen molar-refractivity contribution >= 4 is 31.5 Å². The number of anilines is 1. The second kappa shape index (κ2) is 4.37. The van der Waals surface area contributed by atoms with E-state index in [-0.39, 0.29) is 10.1 Å². The van der Waals surface area contributed by atoms with Gasteiger partial charge in [-0.25, -0.2) is 8.42 Å². The first-order chi connectivity index (χ1) is 7.51. The number of hydrogen-bond donors (Lipinski definition) is 1. The number of halogens is 1. The molecule has 1 fully saturated rings. The van der Waals surface area contributed by atoms with E-state index in [1.54, 1.807) is 18.2 Å². The van der Waals surface area contributed by atoms with Crippen LogP contribution in [0.2, 0.25) is 0 Å². The largest absolute Gasteiger partial charge is 0.398 e. The van der Waals surface area contributed by atoms with E-state index in [1.807, 2.05) is 0 Å². The Morgan fingerprint density at radius 3 is 2.50 bits per heavy atom. The van der Waals surface area contributed by atoms with Gasteiger partial charge in [-0.15, -0.1) is 0 Å². The van der Waals surface area contributed by atoms with E-state index in [1.165, 1.54) is 0 Å². The molecule has 0 radical (unpaired) electrons. The number of rotatable bonds is 2. The highest BCUT2D eigenvalue weighted by Gasteiger charge is 2.31. The molecule has 88 valence electrons. The van der Waals surface area contributed by atoms with Crippen LogP contribution in [-0.2, 0) is 9.84 Å². The molecular weight excluding hydrogens is 290 g/mol. The molecule has 0 bridgehead atoms. The molecule has 0 spiro atoms. The van der Waals surface area contributed by atoms with Crippen molar-refractivity contribution < 1.29 is 8.42 Å². The van der Waals surface area contributed by atoms with Crippen molar-refractivity contribution in [3.8, 4) is 0 Å². The molecule has 1 aliphatic rings. The van der Waals surface area contributed by atoms with Gasteiger partial charge in [0.2, 0.25) is 0 Å². The lowest BCUT2D eigenvalue weighted by molar-refractivity contribution is 0.580. The summed E-state index contributed by atoms with van der Waals surface area (Å²) in [5.74, 6) is 0. The summed E-state index contributed by atoms with van der Waals surface area (Å²) in [5.41, 5.74) is 6.09. The fourth-order valence-electron chi connectivity index (χ4n) is 2.13. The molecule has 1 aliphatic carbocycles. The molecule has 1 aromatic rings. The smallest absolute Gasteiger partial charge is 0.183 e. The second-order valence-corrected chi connectivity index (χ2v) is 7.25. The normalized spacial score (nSPS) is 17.8. The molecule has 3 nitrogen and oxygen atoms in total. The van der Waals surface area contributed by atoms with Crippen molar-refractivity contribution in [3.05, 3.63) is 22.7 Å². The Hall–Kier alpha value is -0.550. The molecule has 1 aromatic carbocycles. The van der Waals surface area contributed by atoms with Crippen LogP contribution in [0.5, 0.6) is 0 Å². The molecule has 0 aromatic heterocycles. The van der Waals surface area contributed by atoms with Gasteiger partial charge < -0.3 is 5.73 Å². The van der Waals surface area contributed by atoms with Crippen molar-refractivity contribution in [2.45, 2.75) is 35.8 Å². The Morgan fingerprint density at radius 1 is 1.25 bits per heavy atom. The first-order valence-corrected chi connectivity index (χ1v) is 7.64. The molecule has 2 rings (SSSR count). The maximum atomic E-state index is 12.3. The van der Waals surface area contributed by atoms with Gasteiger partial charge in [0.25, 0.3) is 0 Å². The topological polar surface area (TPSA) is 60.2 Å². The van der Waals surface area contributed by atoms with Gasteiger partial charge in [-0.05, 0) is 31.0 Å². The van der Waals surface area contributed by atoms with Gasteiger partial charge in [-0.3, -0.25) is 0 Å². The lowest BCUT2D eigenvalue weighted by Gasteiger charge is -2.13. The molecule has 2 N–H and O–H groups in total. The van der Waals surface area contributed by atoms with Crippen molar-refractivity contribution in [1.29, 1.82) is 0 Å². The Bertz CT molecular complexity index is 493. The van der Waals surface area contributed by atoms with Crippen LogP contribution in [-0.4, -0.2) is 13.7 Å². The summed E-state index contributed by atoms with van der Waals surface area (Å²) in [6.45, 7) is 0. The first-order valence-electron chi connectivity index (χ1n) is 5.31. The van der Waals surface area contributed by atoms with E-state index < -0.39 is 9.84 Å². The molecule has 1 saturated carbocycles. The van der Waals surface area contributed by atoms with Gasteiger partial charge in [0.1, 0.15) is 0 Å². The second-order valence-electron chi connectivity index (χ2n) is 4.13. The van der Waals surface area contributed by atoms with Gasteiger partial charge in [-0.2, -0.15) is 0 Å². The zero-order chi connectivity index (χ0) is 11.8. The van der Waals surface area contributed by atoms with Crippen LogP contribution in [0.15, 0.2) is 27.6 Å². The van der Waals surface area contributed by atoms with E-state index in [4.69, 9.17) is 5.73 Å². The molecule has 0 unspecified atom stereocenters. The molecular formula is C11H14BrNO2S. The SMILES string of the molecule is Nc1ccc(Br)cc1S(=O)(=O)C1CCCC1. The summed E-state index contributed by atoms with van der Waals surface area (Å²) in [6.07, 6.45) is 3.51. The minimum Gasteiger partial charge on any atom is -0.398 e. The Morgan fingerprint density at radius 2 is 1.88 bits per heavy atom. The van der Waals surface area contributed by atoms with E-state index in [0.29, 0.717) is 5.69 Å². The van der Waals surface area contributed by atoms with Crippen LogP contribution in [0.1, 0.15) is 25.7 Å². The standard InChI is InChI=1S/C11H14BrNO2S/c12-8-5-6-10(13)11(7-8)16(14,15)9-3-1-2-4-9/h5-7,9H,1-4,13H2. The highest BCUT2D eigenvalue weighted by molar-refractivity contribution is 9.10. The van der Waals surface area contributed by atoms with Crippen LogP contribution >= 0.6 is 15.9 Å². The maximum absolute atomic E-state index is 12.3. The Balaban J connectivity index is 2.46. The monoisotopic (exact) mass is 303 g/mol. The summed E-state index contributed by atoms with van der Waals surface area (Å²) in [6, 6.07) is 4.98. The van der Waals surface area contributed by atoms with Crippen molar-refractivity contribution in [2.75, 3.05) is 5.73 Å².